The highest BCUT2D eigenvalue weighted by Gasteiger charge is 2.37. The topological polar surface area (TPSA) is 54.3 Å². The predicted octanol–water partition coefficient (Wildman–Crippen LogP) is 3.30. The molecule has 0 saturated heterocycles. The van der Waals surface area contributed by atoms with Crippen molar-refractivity contribution in [1.82, 2.24) is 9.47 Å². The van der Waals surface area contributed by atoms with Crippen LogP contribution < -0.4 is 5.32 Å². The van der Waals surface area contributed by atoms with Crippen molar-refractivity contribution in [2.24, 2.45) is 0 Å². The molecule has 1 aromatic heterocycles. The van der Waals surface area contributed by atoms with Crippen molar-refractivity contribution < 1.29 is 9.59 Å². The smallest absolute Gasteiger partial charge is 0.261 e. The van der Waals surface area contributed by atoms with Gasteiger partial charge in [-0.25, -0.2) is 0 Å². The molecule has 0 radical (unpaired) electrons. The van der Waals surface area contributed by atoms with E-state index in [9.17, 15) is 9.59 Å². The fraction of sp³-hybridized carbons (Fsp3) is 0.143. The van der Waals surface area contributed by atoms with E-state index in [1.54, 1.807) is 24.3 Å². The number of carbonyl (C=O) groups excluding carboxylic acids is 2. The second-order valence-corrected chi connectivity index (χ2v) is 6.68. The summed E-state index contributed by atoms with van der Waals surface area (Å²) < 4.78 is 2.17. The van der Waals surface area contributed by atoms with Gasteiger partial charge >= 0.3 is 0 Å². The van der Waals surface area contributed by atoms with E-state index in [0.29, 0.717) is 17.7 Å². The molecule has 2 aliphatic heterocycles. The van der Waals surface area contributed by atoms with Gasteiger partial charge < -0.3 is 9.88 Å². The molecule has 3 heterocycles. The molecule has 5 rings (SSSR count). The average molecular weight is 343 g/mol. The second kappa shape index (κ2) is 5.59. The maximum Gasteiger partial charge on any atom is 0.261 e. The van der Waals surface area contributed by atoms with Gasteiger partial charge in [0.15, 0.2) is 0 Å². The zero-order chi connectivity index (χ0) is 17.7. The van der Waals surface area contributed by atoms with Crippen molar-refractivity contribution in [2.45, 2.75) is 12.6 Å². The van der Waals surface area contributed by atoms with Gasteiger partial charge in [-0.3, -0.25) is 14.5 Å². The molecule has 1 N–H and O–H groups in total. The Bertz CT molecular complexity index is 1000. The molecular weight excluding hydrogens is 326 g/mol. The van der Waals surface area contributed by atoms with Crippen LogP contribution in [0, 0.1) is 0 Å². The van der Waals surface area contributed by atoms with Crippen LogP contribution in [0.3, 0.4) is 0 Å². The lowest BCUT2D eigenvalue weighted by Gasteiger charge is -2.24. The molecule has 26 heavy (non-hydrogen) atoms. The third kappa shape index (κ3) is 2.17. The van der Waals surface area contributed by atoms with E-state index < -0.39 is 0 Å². The second-order valence-electron chi connectivity index (χ2n) is 6.68. The van der Waals surface area contributed by atoms with E-state index in [1.165, 1.54) is 10.5 Å². The fourth-order valence-electron chi connectivity index (χ4n) is 3.86. The van der Waals surface area contributed by atoms with Crippen LogP contribution in [0.15, 0.2) is 66.9 Å². The van der Waals surface area contributed by atoms with Crippen LogP contribution in [0.2, 0.25) is 0 Å². The third-order valence-corrected chi connectivity index (χ3v) is 5.15. The first kappa shape index (κ1) is 15.0. The molecule has 2 aromatic carbocycles. The van der Waals surface area contributed by atoms with Crippen molar-refractivity contribution in [3.63, 3.8) is 0 Å². The normalized spacial score (nSPS) is 18.0. The van der Waals surface area contributed by atoms with Gasteiger partial charge in [-0.1, -0.05) is 30.3 Å². The standard InChI is InChI=1S/C21H17N3O2/c25-20-15-7-2-3-8-16(15)21(26)24(20)13-18-19-10-5-11-23(19)12-14-6-1-4-9-17(14)22-18/h1-11,18,22H,12-13H2/t18-/m0/s1. The van der Waals surface area contributed by atoms with Crippen LogP contribution in [-0.2, 0) is 6.54 Å². The van der Waals surface area contributed by atoms with Gasteiger partial charge in [0.2, 0.25) is 0 Å². The summed E-state index contributed by atoms with van der Waals surface area (Å²) in [6.45, 7) is 1.06. The summed E-state index contributed by atoms with van der Waals surface area (Å²) in [5.74, 6) is -0.439. The van der Waals surface area contributed by atoms with Gasteiger partial charge in [-0.2, -0.15) is 0 Å². The Kier molecular flexibility index (Phi) is 3.22. The van der Waals surface area contributed by atoms with Gasteiger partial charge in [-0.05, 0) is 35.9 Å². The van der Waals surface area contributed by atoms with Crippen molar-refractivity contribution >= 4 is 17.5 Å². The number of hydrogen-bond donors (Lipinski definition) is 1. The van der Waals surface area contributed by atoms with Crippen molar-refractivity contribution in [1.29, 1.82) is 0 Å². The molecule has 0 bridgehead atoms. The summed E-state index contributed by atoms with van der Waals surface area (Å²) in [6, 6.07) is 19.0. The minimum absolute atomic E-state index is 0.157. The van der Waals surface area contributed by atoms with Crippen LogP contribution in [0.5, 0.6) is 0 Å². The summed E-state index contributed by atoms with van der Waals surface area (Å²) in [4.78, 5) is 26.8. The number of carbonyl (C=O) groups is 2. The Morgan fingerprint density at radius 2 is 1.58 bits per heavy atom. The number of anilines is 1. The van der Waals surface area contributed by atoms with Gasteiger partial charge in [0.1, 0.15) is 0 Å². The van der Waals surface area contributed by atoms with E-state index in [0.717, 1.165) is 17.9 Å². The molecular formula is C21H17N3O2. The highest BCUT2D eigenvalue weighted by Crippen LogP contribution is 2.31. The first-order chi connectivity index (χ1) is 12.7. The SMILES string of the molecule is O=C1c2ccccc2C(=O)N1C[C@@H]1Nc2ccccc2Cn2cccc21. The van der Waals surface area contributed by atoms with Crippen LogP contribution in [-0.4, -0.2) is 27.8 Å². The average Bonchev–Trinajstić information content (AvgIpc) is 3.17. The largest absolute Gasteiger partial charge is 0.375 e. The fourth-order valence-corrected chi connectivity index (χ4v) is 3.86. The van der Waals surface area contributed by atoms with E-state index in [-0.39, 0.29) is 17.9 Å². The summed E-state index contributed by atoms with van der Waals surface area (Å²) in [5.41, 5.74) is 4.27. The molecule has 0 spiro atoms. The molecule has 0 fully saturated rings. The molecule has 0 aliphatic carbocycles. The maximum absolute atomic E-state index is 12.7. The number of imide groups is 1. The number of rotatable bonds is 2. The lowest BCUT2D eigenvalue weighted by Crippen LogP contribution is -2.36. The van der Waals surface area contributed by atoms with Crippen LogP contribution in [0.4, 0.5) is 5.69 Å². The highest BCUT2D eigenvalue weighted by molar-refractivity contribution is 6.21. The van der Waals surface area contributed by atoms with Crippen LogP contribution in [0.1, 0.15) is 38.0 Å². The van der Waals surface area contributed by atoms with E-state index in [4.69, 9.17) is 0 Å². The lowest BCUT2D eigenvalue weighted by atomic mass is 10.1. The number of aromatic nitrogens is 1. The van der Waals surface area contributed by atoms with Gasteiger partial charge in [-0.15, -0.1) is 0 Å². The lowest BCUT2D eigenvalue weighted by molar-refractivity contribution is 0.0647. The molecule has 0 saturated carbocycles. The predicted molar refractivity (Wildman–Crippen MR) is 98.1 cm³/mol. The monoisotopic (exact) mass is 343 g/mol. The van der Waals surface area contributed by atoms with E-state index in [1.807, 2.05) is 36.5 Å². The molecule has 0 unspecified atom stereocenters. The number of benzene rings is 2. The van der Waals surface area contributed by atoms with Crippen LogP contribution in [0.25, 0.3) is 0 Å². The zero-order valence-electron chi connectivity index (χ0n) is 14.1. The Morgan fingerprint density at radius 3 is 2.35 bits per heavy atom. The van der Waals surface area contributed by atoms with Crippen molar-refractivity contribution in [3.8, 4) is 0 Å². The third-order valence-electron chi connectivity index (χ3n) is 5.15. The number of para-hydroxylation sites is 1. The van der Waals surface area contributed by atoms with Gasteiger partial charge in [0.25, 0.3) is 11.8 Å². The number of nitrogens with one attached hydrogen (secondary N) is 1. The summed E-state index contributed by atoms with van der Waals surface area (Å²) in [6.07, 6.45) is 2.04. The van der Waals surface area contributed by atoms with Gasteiger partial charge in [0, 0.05) is 24.1 Å². The Labute approximate surface area is 150 Å². The number of nitrogens with zero attached hydrogens (tertiary/aromatic N) is 2. The van der Waals surface area contributed by atoms with E-state index in [2.05, 4.69) is 16.0 Å². The Balaban J connectivity index is 1.51. The molecule has 2 amide bonds. The minimum Gasteiger partial charge on any atom is -0.375 e. The molecule has 5 heteroatoms. The first-order valence-corrected chi connectivity index (χ1v) is 8.67. The number of fused-ring (bicyclic) bond motifs is 3. The minimum atomic E-state index is -0.219. The maximum atomic E-state index is 12.7. The van der Waals surface area contributed by atoms with E-state index >= 15 is 0 Å². The Hall–Kier alpha value is -3.34. The highest BCUT2D eigenvalue weighted by atomic mass is 16.2. The summed E-state index contributed by atoms with van der Waals surface area (Å²) in [7, 11) is 0. The van der Waals surface area contributed by atoms with Crippen molar-refractivity contribution in [3.05, 3.63) is 89.2 Å². The first-order valence-electron chi connectivity index (χ1n) is 8.67. The number of amides is 2. The zero-order valence-corrected chi connectivity index (χ0v) is 14.1. The summed E-state index contributed by atoms with van der Waals surface area (Å²) in [5, 5.41) is 3.53. The molecule has 3 aromatic rings. The number of hydrogen-bond acceptors (Lipinski definition) is 3. The summed E-state index contributed by atoms with van der Waals surface area (Å²) >= 11 is 0. The molecule has 5 nitrogen and oxygen atoms in total. The molecule has 128 valence electrons. The van der Waals surface area contributed by atoms with Crippen molar-refractivity contribution in [2.75, 3.05) is 11.9 Å². The molecule has 2 aliphatic rings. The Morgan fingerprint density at radius 1 is 0.885 bits per heavy atom. The quantitative estimate of drug-likeness (QED) is 0.727. The molecule has 1 atom stereocenters. The van der Waals surface area contributed by atoms with Crippen LogP contribution >= 0.6 is 0 Å². The van der Waals surface area contributed by atoms with Gasteiger partial charge in [0.05, 0.1) is 23.7 Å².